The molecule has 4 rings (SSSR count). The Morgan fingerprint density at radius 1 is 1.00 bits per heavy atom. The lowest BCUT2D eigenvalue weighted by Crippen LogP contribution is -2.47. The SMILES string of the molecule is Cc1nccc(N2CCN(c3ccc([N+](=O)[O-])c4cccnc34)CC2)n1. The molecule has 8 heteroatoms. The lowest BCUT2D eigenvalue weighted by molar-refractivity contribution is -0.383. The first-order valence-electron chi connectivity index (χ1n) is 8.45. The van der Waals surface area contributed by atoms with Crippen molar-refractivity contribution >= 4 is 28.1 Å². The maximum absolute atomic E-state index is 11.3. The fourth-order valence-electron chi connectivity index (χ4n) is 3.35. The van der Waals surface area contributed by atoms with Crippen molar-refractivity contribution in [1.29, 1.82) is 0 Å². The van der Waals surface area contributed by atoms with E-state index in [9.17, 15) is 10.1 Å². The number of aryl methyl sites for hydroxylation is 1. The average Bonchev–Trinajstić information content (AvgIpc) is 2.67. The number of fused-ring (bicyclic) bond motifs is 1. The molecule has 132 valence electrons. The van der Waals surface area contributed by atoms with Crippen LogP contribution in [-0.2, 0) is 0 Å². The largest absolute Gasteiger partial charge is 0.366 e. The molecule has 8 nitrogen and oxygen atoms in total. The minimum absolute atomic E-state index is 0.0898. The van der Waals surface area contributed by atoms with Crippen molar-refractivity contribution in [2.45, 2.75) is 6.92 Å². The summed E-state index contributed by atoms with van der Waals surface area (Å²) in [6.07, 6.45) is 3.45. The fraction of sp³-hybridized carbons (Fsp3) is 0.278. The molecule has 1 aliphatic heterocycles. The van der Waals surface area contributed by atoms with E-state index in [1.807, 2.05) is 13.0 Å². The van der Waals surface area contributed by atoms with Crippen LogP contribution < -0.4 is 9.80 Å². The molecule has 0 unspecified atom stereocenters. The minimum atomic E-state index is -0.358. The van der Waals surface area contributed by atoms with Crippen molar-refractivity contribution in [2.75, 3.05) is 36.0 Å². The predicted octanol–water partition coefficient (Wildman–Crippen LogP) is 2.57. The Bertz CT molecular complexity index is 969. The average molecular weight is 350 g/mol. The van der Waals surface area contributed by atoms with Gasteiger partial charge in [0.1, 0.15) is 17.2 Å². The number of pyridine rings is 1. The lowest BCUT2D eigenvalue weighted by Gasteiger charge is -2.37. The lowest BCUT2D eigenvalue weighted by atomic mass is 10.1. The summed E-state index contributed by atoms with van der Waals surface area (Å²) in [5, 5.41) is 11.8. The maximum atomic E-state index is 11.3. The fourth-order valence-corrected chi connectivity index (χ4v) is 3.35. The molecule has 0 N–H and O–H groups in total. The van der Waals surface area contributed by atoms with E-state index < -0.39 is 0 Å². The topological polar surface area (TPSA) is 88.3 Å². The van der Waals surface area contributed by atoms with Gasteiger partial charge in [-0.2, -0.15) is 0 Å². The molecule has 26 heavy (non-hydrogen) atoms. The summed E-state index contributed by atoms with van der Waals surface area (Å²) in [4.78, 5) is 28.4. The van der Waals surface area contributed by atoms with E-state index in [4.69, 9.17) is 0 Å². The van der Waals surface area contributed by atoms with Gasteiger partial charge < -0.3 is 9.80 Å². The minimum Gasteiger partial charge on any atom is -0.366 e. The Hall–Kier alpha value is -3.29. The Morgan fingerprint density at radius 3 is 2.50 bits per heavy atom. The Morgan fingerprint density at radius 2 is 1.77 bits per heavy atom. The molecule has 0 radical (unpaired) electrons. The Balaban J connectivity index is 1.60. The molecule has 0 atom stereocenters. The standard InChI is InChI=1S/C18H18N6O2/c1-13-19-8-6-17(21-13)23-11-9-22(10-12-23)16-5-4-15(24(25)26)14-3-2-7-20-18(14)16/h2-8H,9-12H2,1H3. The molecule has 3 heterocycles. The van der Waals surface area contributed by atoms with Gasteiger partial charge in [0.15, 0.2) is 0 Å². The summed E-state index contributed by atoms with van der Waals surface area (Å²) in [5.41, 5.74) is 1.70. The number of nitro groups is 1. The molecule has 0 bridgehead atoms. The van der Waals surface area contributed by atoms with Crippen molar-refractivity contribution in [3.63, 3.8) is 0 Å². The van der Waals surface area contributed by atoms with Crippen LogP contribution in [0.1, 0.15) is 5.82 Å². The van der Waals surface area contributed by atoms with Crippen molar-refractivity contribution in [3.8, 4) is 0 Å². The second kappa shape index (κ2) is 6.55. The number of rotatable bonds is 3. The second-order valence-corrected chi connectivity index (χ2v) is 6.20. The summed E-state index contributed by atoms with van der Waals surface area (Å²) in [5.74, 6) is 1.69. The number of anilines is 2. The Labute approximate surface area is 150 Å². The molecule has 1 aliphatic rings. The summed E-state index contributed by atoms with van der Waals surface area (Å²) in [7, 11) is 0. The molecule has 0 aliphatic carbocycles. The van der Waals surface area contributed by atoms with Crippen LogP contribution in [-0.4, -0.2) is 46.1 Å². The molecule has 0 amide bonds. The van der Waals surface area contributed by atoms with Crippen LogP contribution in [0.25, 0.3) is 10.9 Å². The van der Waals surface area contributed by atoms with E-state index in [1.165, 1.54) is 0 Å². The molecule has 1 fully saturated rings. The van der Waals surface area contributed by atoms with Gasteiger partial charge in [0.05, 0.1) is 16.0 Å². The van der Waals surface area contributed by atoms with Crippen LogP contribution in [0.4, 0.5) is 17.2 Å². The number of aromatic nitrogens is 3. The highest BCUT2D eigenvalue weighted by Gasteiger charge is 2.22. The van der Waals surface area contributed by atoms with Crippen molar-refractivity contribution < 1.29 is 4.92 Å². The van der Waals surface area contributed by atoms with Gasteiger partial charge >= 0.3 is 0 Å². The van der Waals surface area contributed by atoms with Crippen LogP contribution in [0.5, 0.6) is 0 Å². The summed E-state index contributed by atoms with van der Waals surface area (Å²) >= 11 is 0. The first kappa shape index (κ1) is 16.2. The highest BCUT2D eigenvalue weighted by Crippen LogP contribution is 2.32. The second-order valence-electron chi connectivity index (χ2n) is 6.20. The van der Waals surface area contributed by atoms with Gasteiger partial charge in [-0.15, -0.1) is 0 Å². The van der Waals surface area contributed by atoms with Crippen LogP contribution in [0.2, 0.25) is 0 Å². The zero-order valence-corrected chi connectivity index (χ0v) is 14.4. The molecule has 1 aromatic carbocycles. The van der Waals surface area contributed by atoms with E-state index in [0.29, 0.717) is 10.9 Å². The third-order valence-electron chi connectivity index (χ3n) is 4.63. The van der Waals surface area contributed by atoms with Gasteiger partial charge in [0, 0.05) is 44.6 Å². The molecule has 0 saturated carbocycles. The highest BCUT2D eigenvalue weighted by molar-refractivity contribution is 5.97. The normalized spacial score (nSPS) is 14.7. The number of nitro benzene ring substituents is 1. The molecular formula is C18H18N6O2. The number of nitrogens with zero attached hydrogens (tertiary/aromatic N) is 6. The molecule has 3 aromatic rings. The summed E-state index contributed by atoms with van der Waals surface area (Å²) < 4.78 is 0. The van der Waals surface area contributed by atoms with E-state index in [2.05, 4.69) is 24.8 Å². The van der Waals surface area contributed by atoms with E-state index in [1.54, 1.807) is 36.7 Å². The predicted molar refractivity (Wildman–Crippen MR) is 99.6 cm³/mol. The first-order valence-corrected chi connectivity index (χ1v) is 8.45. The van der Waals surface area contributed by atoms with Gasteiger partial charge in [-0.25, -0.2) is 9.97 Å². The molecular weight excluding hydrogens is 332 g/mol. The highest BCUT2D eigenvalue weighted by atomic mass is 16.6. The van der Waals surface area contributed by atoms with E-state index >= 15 is 0 Å². The van der Waals surface area contributed by atoms with Gasteiger partial charge in [0.25, 0.3) is 5.69 Å². The van der Waals surface area contributed by atoms with Crippen LogP contribution >= 0.6 is 0 Å². The van der Waals surface area contributed by atoms with Gasteiger partial charge in [-0.05, 0) is 31.2 Å². The van der Waals surface area contributed by atoms with E-state index in [-0.39, 0.29) is 10.6 Å². The van der Waals surface area contributed by atoms with Crippen molar-refractivity contribution in [3.05, 3.63) is 58.7 Å². The third-order valence-corrected chi connectivity index (χ3v) is 4.63. The molecule has 1 saturated heterocycles. The van der Waals surface area contributed by atoms with Crippen molar-refractivity contribution in [1.82, 2.24) is 15.0 Å². The van der Waals surface area contributed by atoms with E-state index in [0.717, 1.165) is 43.5 Å². The van der Waals surface area contributed by atoms with Crippen LogP contribution in [0.15, 0.2) is 42.7 Å². The number of hydrogen-bond donors (Lipinski definition) is 0. The monoisotopic (exact) mass is 350 g/mol. The van der Waals surface area contributed by atoms with Crippen molar-refractivity contribution in [2.24, 2.45) is 0 Å². The van der Waals surface area contributed by atoms with Crippen LogP contribution in [0.3, 0.4) is 0 Å². The summed E-state index contributed by atoms with van der Waals surface area (Å²) in [6.45, 7) is 5.12. The Kier molecular flexibility index (Phi) is 4.08. The third kappa shape index (κ3) is 2.90. The number of non-ortho nitro benzene ring substituents is 1. The maximum Gasteiger partial charge on any atom is 0.278 e. The number of piperazine rings is 1. The molecule has 2 aromatic heterocycles. The van der Waals surface area contributed by atoms with Gasteiger partial charge in [-0.3, -0.25) is 15.1 Å². The quantitative estimate of drug-likeness (QED) is 0.530. The smallest absolute Gasteiger partial charge is 0.278 e. The van der Waals surface area contributed by atoms with Gasteiger partial charge in [0.2, 0.25) is 0 Å². The number of benzene rings is 1. The zero-order valence-electron chi connectivity index (χ0n) is 14.4. The number of hydrogen-bond acceptors (Lipinski definition) is 7. The first-order chi connectivity index (χ1) is 12.6. The molecule has 0 spiro atoms. The summed E-state index contributed by atoms with van der Waals surface area (Å²) in [6, 6.07) is 8.78. The van der Waals surface area contributed by atoms with Crippen LogP contribution in [0, 0.1) is 17.0 Å². The zero-order chi connectivity index (χ0) is 18.1. The van der Waals surface area contributed by atoms with Gasteiger partial charge in [-0.1, -0.05) is 0 Å².